The maximum atomic E-state index is 12.6. The van der Waals surface area contributed by atoms with E-state index in [4.69, 9.17) is 4.74 Å². The summed E-state index contributed by atoms with van der Waals surface area (Å²) in [6.07, 6.45) is 0.670. The normalized spacial score (nSPS) is 25.9. The van der Waals surface area contributed by atoms with Gasteiger partial charge in [0.05, 0.1) is 12.0 Å². The van der Waals surface area contributed by atoms with Crippen LogP contribution in [0.5, 0.6) is 0 Å². The fourth-order valence-corrected chi connectivity index (χ4v) is 2.85. The molecule has 1 aromatic rings. The molecular weight excluding hydrogens is 256 g/mol. The quantitative estimate of drug-likeness (QED) is 0.842. The van der Waals surface area contributed by atoms with Gasteiger partial charge in [-0.05, 0) is 25.0 Å². The van der Waals surface area contributed by atoms with E-state index in [9.17, 15) is 9.59 Å². The molecule has 2 atom stereocenters. The van der Waals surface area contributed by atoms with Crippen LogP contribution >= 0.6 is 0 Å². The van der Waals surface area contributed by atoms with E-state index in [0.29, 0.717) is 13.2 Å². The molecule has 5 heteroatoms. The molecule has 2 unspecified atom stereocenters. The van der Waals surface area contributed by atoms with Crippen LogP contribution in [0.15, 0.2) is 24.3 Å². The summed E-state index contributed by atoms with van der Waals surface area (Å²) in [4.78, 5) is 26.1. The Hall–Kier alpha value is -1.88. The van der Waals surface area contributed by atoms with Gasteiger partial charge < -0.3 is 15.0 Å². The van der Waals surface area contributed by atoms with E-state index in [1.165, 1.54) is 0 Å². The Balaban J connectivity index is 1.83. The first-order chi connectivity index (χ1) is 9.65. The molecule has 2 aliphatic rings. The second kappa shape index (κ2) is 5.25. The van der Waals surface area contributed by atoms with E-state index in [-0.39, 0.29) is 30.4 Å². The van der Waals surface area contributed by atoms with Crippen molar-refractivity contribution in [1.82, 2.24) is 4.90 Å². The molecule has 106 valence electrons. The largest absolute Gasteiger partial charge is 0.378 e. The number of anilines is 1. The molecule has 20 heavy (non-hydrogen) atoms. The van der Waals surface area contributed by atoms with Crippen LogP contribution in [0.3, 0.4) is 0 Å². The Bertz CT molecular complexity index is 544. The molecule has 3 rings (SSSR count). The number of ether oxygens (including phenoxy) is 1. The van der Waals surface area contributed by atoms with Crippen LogP contribution < -0.4 is 5.32 Å². The summed E-state index contributed by atoms with van der Waals surface area (Å²) in [6.45, 7) is 3.11. The monoisotopic (exact) mass is 274 g/mol. The van der Waals surface area contributed by atoms with Crippen LogP contribution in [0, 0.1) is 5.92 Å². The number of para-hydroxylation sites is 1. The number of hydrogen-bond acceptors (Lipinski definition) is 3. The zero-order valence-electron chi connectivity index (χ0n) is 11.5. The average molecular weight is 274 g/mol. The zero-order valence-corrected chi connectivity index (χ0v) is 11.5. The number of carbonyl (C=O) groups excluding carboxylic acids is 2. The molecule has 1 saturated heterocycles. The third-order valence-corrected chi connectivity index (χ3v) is 3.99. The lowest BCUT2D eigenvalue weighted by atomic mass is 10.0. The minimum absolute atomic E-state index is 0.0156. The molecule has 2 heterocycles. The van der Waals surface area contributed by atoms with Crippen LogP contribution in [0.2, 0.25) is 0 Å². The fourth-order valence-electron chi connectivity index (χ4n) is 2.85. The lowest BCUT2D eigenvalue weighted by Gasteiger charge is -2.24. The second-order valence-electron chi connectivity index (χ2n) is 5.37. The molecule has 1 N–H and O–H groups in total. The summed E-state index contributed by atoms with van der Waals surface area (Å²) in [5, 5.41) is 2.84. The smallest absolute Gasteiger partial charge is 0.244 e. The Morgan fingerprint density at radius 2 is 2.15 bits per heavy atom. The Kier molecular flexibility index (Phi) is 3.44. The summed E-state index contributed by atoms with van der Waals surface area (Å²) < 4.78 is 5.46. The molecule has 0 aliphatic carbocycles. The number of amides is 2. The molecule has 2 aliphatic heterocycles. The van der Waals surface area contributed by atoms with E-state index in [1.807, 2.05) is 31.2 Å². The predicted octanol–water partition coefficient (Wildman–Crippen LogP) is 1.39. The summed E-state index contributed by atoms with van der Waals surface area (Å²) in [5.74, 6) is -0.259. The average Bonchev–Trinajstić information content (AvgIpc) is 2.77. The Morgan fingerprint density at radius 1 is 1.35 bits per heavy atom. The van der Waals surface area contributed by atoms with Crippen molar-refractivity contribution in [1.29, 1.82) is 0 Å². The van der Waals surface area contributed by atoms with Gasteiger partial charge in [0, 0.05) is 18.8 Å². The molecule has 2 amide bonds. The molecule has 1 fully saturated rings. The number of nitrogens with zero attached hydrogens (tertiary/aromatic N) is 1. The second-order valence-corrected chi connectivity index (χ2v) is 5.37. The number of nitrogens with one attached hydrogen (secondary N) is 1. The maximum absolute atomic E-state index is 12.6. The van der Waals surface area contributed by atoms with Crippen molar-refractivity contribution >= 4 is 17.5 Å². The Morgan fingerprint density at radius 3 is 2.90 bits per heavy atom. The van der Waals surface area contributed by atoms with Crippen molar-refractivity contribution < 1.29 is 14.3 Å². The predicted molar refractivity (Wildman–Crippen MR) is 74.0 cm³/mol. The first-order valence-electron chi connectivity index (χ1n) is 6.93. The fraction of sp³-hybridized carbons (Fsp3) is 0.467. The van der Waals surface area contributed by atoms with Crippen molar-refractivity contribution in [2.24, 2.45) is 5.92 Å². The highest BCUT2D eigenvalue weighted by Crippen LogP contribution is 2.26. The van der Waals surface area contributed by atoms with E-state index in [2.05, 4.69) is 5.32 Å². The van der Waals surface area contributed by atoms with Crippen molar-refractivity contribution in [2.45, 2.75) is 26.0 Å². The number of benzene rings is 1. The molecule has 0 spiro atoms. The highest BCUT2D eigenvalue weighted by Gasteiger charge is 2.35. The molecule has 5 nitrogen and oxygen atoms in total. The van der Waals surface area contributed by atoms with Gasteiger partial charge in [-0.2, -0.15) is 0 Å². The molecule has 1 aromatic carbocycles. The lowest BCUT2D eigenvalue weighted by Crippen LogP contribution is -2.41. The van der Waals surface area contributed by atoms with Crippen molar-refractivity contribution in [3.8, 4) is 0 Å². The number of hydrogen-bond donors (Lipinski definition) is 1. The molecule has 0 saturated carbocycles. The van der Waals surface area contributed by atoms with Gasteiger partial charge in [-0.15, -0.1) is 0 Å². The van der Waals surface area contributed by atoms with E-state index >= 15 is 0 Å². The highest BCUT2D eigenvalue weighted by molar-refractivity contribution is 5.96. The first-order valence-corrected chi connectivity index (χ1v) is 6.93. The van der Waals surface area contributed by atoms with E-state index in [1.54, 1.807) is 4.90 Å². The van der Waals surface area contributed by atoms with Crippen molar-refractivity contribution in [3.05, 3.63) is 29.8 Å². The number of fused-ring (bicyclic) bond motifs is 1. The van der Waals surface area contributed by atoms with E-state index < -0.39 is 0 Å². The van der Waals surface area contributed by atoms with Crippen molar-refractivity contribution in [3.63, 3.8) is 0 Å². The van der Waals surface area contributed by atoms with Crippen LogP contribution in [0.25, 0.3) is 0 Å². The van der Waals surface area contributed by atoms with Gasteiger partial charge >= 0.3 is 0 Å². The summed E-state index contributed by atoms with van der Waals surface area (Å²) in [5.41, 5.74) is 1.77. The number of carbonyl (C=O) groups is 2. The minimum atomic E-state index is -0.144. The summed E-state index contributed by atoms with van der Waals surface area (Å²) in [7, 11) is 0. The minimum Gasteiger partial charge on any atom is -0.378 e. The molecule has 0 aromatic heterocycles. The lowest BCUT2D eigenvalue weighted by molar-refractivity contribution is -0.140. The van der Waals surface area contributed by atoms with Crippen LogP contribution in [-0.4, -0.2) is 36.0 Å². The van der Waals surface area contributed by atoms with E-state index in [0.717, 1.165) is 17.7 Å². The SMILES string of the molecule is CC1OCCC1C(=O)N1CC(=O)Nc2ccccc2C1. The third-order valence-electron chi connectivity index (χ3n) is 3.99. The van der Waals surface area contributed by atoms with Crippen molar-refractivity contribution in [2.75, 3.05) is 18.5 Å². The molecule has 0 bridgehead atoms. The van der Waals surface area contributed by atoms with Gasteiger partial charge in [-0.3, -0.25) is 9.59 Å². The maximum Gasteiger partial charge on any atom is 0.244 e. The molecular formula is C15H18N2O3. The van der Waals surface area contributed by atoms with Gasteiger partial charge in [-0.25, -0.2) is 0 Å². The summed E-state index contributed by atoms with van der Waals surface area (Å²) >= 11 is 0. The van der Waals surface area contributed by atoms with Gasteiger partial charge in [0.25, 0.3) is 0 Å². The highest BCUT2D eigenvalue weighted by atomic mass is 16.5. The van der Waals surface area contributed by atoms with Crippen LogP contribution in [0.1, 0.15) is 18.9 Å². The van der Waals surface area contributed by atoms with Crippen LogP contribution in [-0.2, 0) is 20.9 Å². The van der Waals surface area contributed by atoms with Gasteiger partial charge in [0.15, 0.2) is 0 Å². The van der Waals surface area contributed by atoms with Gasteiger partial charge in [-0.1, -0.05) is 18.2 Å². The van der Waals surface area contributed by atoms with Crippen LogP contribution in [0.4, 0.5) is 5.69 Å². The van der Waals surface area contributed by atoms with Gasteiger partial charge in [0.1, 0.15) is 6.54 Å². The summed E-state index contributed by atoms with van der Waals surface area (Å²) in [6, 6.07) is 7.60. The number of rotatable bonds is 1. The third kappa shape index (κ3) is 2.41. The Labute approximate surface area is 117 Å². The van der Waals surface area contributed by atoms with Gasteiger partial charge in [0.2, 0.25) is 11.8 Å². The topological polar surface area (TPSA) is 58.6 Å². The molecule has 0 radical (unpaired) electrons. The standard InChI is InChI=1S/C15H18N2O3/c1-10-12(6-7-20-10)15(19)17-8-11-4-2-3-5-13(11)16-14(18)9-17/h2-5,10,12H,6-9H2,1H3,(H,16,18). The zero-order chi connectivity index (χ0) is 14.1. The first kappa shape index (κ1) is 13.1.